The molecule has 1 atom stereocenters. The van der Waals surface area contributed by atoms with E-state index in [2.05, 4.69) is 10.3 Å². The van der Waals surface area contributed by atoms with Gasteiger partial charge in [-0.15, -0.1) is 0 Å². The summed E-state index contributed by atoms with van der Waals surface area (Å²) < 4.78 is 0. The van der Waals surface area contributed by atoms with Crippen molar-refractivity contribution in [2.45, 2.75) is 39.2 Å². The highest BCUT2D eigenvalue weighted by Crippen LogP contribution is 2.08. The van der Waals surface area contributed by atoms with E-state index in [0.717, 1.165) is 24.2 Å². The zero-order chi connectivity index (χ0) is 12.0. The van der Waals surface area contributed by atoms with Gasteiger partial charge in [0.25, 0.3) is 0 Å². The number of amides is 1. The van der Waals surface area contributed by atoms with Gasteiger partial charge in [0.05, 0.1) is 0 Å². The molecule has 0 aliphatic carbocycles. The van der Waals surface area contributed by atoms with E-state index in [1.54, 1.807) is 12.3 Å². The lowest BCUT2D eigenvalue weighted by molar-refractivity contribution is -0.116. The van der Waals surface area contributed by atoms with Crippen molar-refractivity contribution in [2.75, 3.05) is 5.32 Å². The van der Waals surface area contributed by atoms with Gasteiger partial charge < -0.3 is 11.1 Å². The summed E-state index contributed by atoms with van der Waals surface area (Å²) in [6.07, 6.45) is 3.91. The predicted molar refractivity (Wildman–Crippen MR) is 65.1 cm³/mol. The summed E-state index contributed by atoms with van der Waals surface area (Å²) in [7, 11) is 0. The van der Waals surface area contributed by atoms with E-state index in [1.165, 1.54) is 0 Å². The highest BCUT2D eigenvalue weighted by molar-refractivity contribution is 5.90. The zero-order valence-electron chi connectivity index (χ0n) is 9.86. The van der Waals surface area contributed by atoms with E-state index < -0.39 is 0 Å². The van der Waals surface area contributed by atoms with Gasteiger partial charge in [-0.3, -0.25) is 9.78 Å². The molecule has 0 aliphatic heterocycles. The van der Waals surface area contributed by atoms with Gasteiger partial charge in [-0.05, 0) is 38.8 Å². The number of carbonyl (C=O) groups is 1. The third-order valence-corrected chi connectivity index (χ3v) is 2.24. The molecule has 0 radical (unpaired) electrons. The molecule has 1 unspecified atom stereocenters. The van der Waals surface area contributed by atoms with Crippen LogP contribution < -0.4 is 11.1 Å². The maximum atomic E-state index is 11.5. The van der Waals surface area contributed by atoms with Crippen LogP contribution in [0.2, 0.25) is 0 Å². The molecule has 0 spiro atoms. The number of hydrogen-bond acceptors (Lipinski definition) is 3. The summed E-state index contributed by atoms with van der Waals surface area (Å²) >= 11 is 0. The number of nitrogens with zero attached hydrogens (tertiary/aromatic N) is 1. The Kier molecular flexibility index (Phi) is 4.92. The number of pyridine rings is 1. The molecule has 0 aliphatic rings. The van der Waals surface area contributed by atoms with Crippen molar-refractivity contribution in [3.05, 3.63) is 24.0 Å². The van der Waals surface area contributed by atoms with Crippen molar-refractivity contribution in [1.82, 2.24) is 4.98 Å². The Morgan fingerprint density at radius 1 is 1.62 bits per heavy atom. The molecule has 1 heterocycles. The maximum absolute atomic E-state index is 11.5. The summed E-state index contributed by atoms with van der Waals surface area (Å²) in [6.45, 7) is 3.84. The van der Waals surface area contributed by atoms with Gasteiger partial charge in [-0.2, -0.15) is 0 Å². The van der Waals surface area contributed by atoms with Crippen LogP contribution in [0.4, 0.5) is 5.69 Å². The molecule has 3 N–H and O–H groups in total. The third-order valence-electron chi connectivity index (χ3n) is 2.24. The van der Waals surface area contributed by atoms with E-state index in [-0.39, 0.29) is 11.9 Å². The van der Waals surface area contributed by atoms with Crippen molar-refractivity contribution in [3.63, 3.8) is 0 Å². The molecule has 1 aromatic heterocycles. The standard InChI is InChI=1S/C12H19N3O/c1-9(13)4-3-5-12(16)15-11-6-7-14-10(2)8-11/h6-9H,3-5,13H2,1-2H3,(H,14,15,16). The van der Waals surface area contributed by atoms with E-state index in [4.69, 9.17) is 5.73 Å². The first-order chi connectivity index (χ1) is 7.58. The van der Waals surface area contributed by atoms with Gasteiger partial charge in [-0.25, -0.2) is 0 Å². The normalized spacial score (nSPS) is 12.2. The Morgan fingerprint density at radius 3 is 3.00 bits per heavy atom. The third kappa shape index (κ3) is 4.89. The molecule has 0 saturated heterocycles. The first-order valence-corrected chi connectivity index (χ1v) is 5.56. The fraction of sp³-hybridized carbons (Fsp3) is 0.500. The number of anilines is 1. The summed E-state index contributed by atoms with van der Waals surface area (Å²) in [4.78, 5) is 15.6. The van der Waals surface area contributed by atoms with Crippen LogP contribution >= 0.6 is 0 Å². The summed E-state index contributed by atoms with van der Waals surface area (Å²) in [5, 5.41) is 2.84. The summed E-state index contributed by atoms with van der Waals surface area (Å²) in [5.41, 5.74) is 7.31. The lowest BCUT2D eigenvalue weighted by atomic mass is 10.1. The minimum Gasteiger partial charge on any atom is -0.328 e. The van der Waals surface area contributed by atoms with Crippen LogP contribution in [0.5, 0.6) is 0 Å². The van der Waals surface area contributed by atoms with Crippen LogP contribution in [0.1, 0.15) is 31.9 Å². The second kappa shape index (κ2) is 6.23. The summed E-state index contributed by atoms with van der Waals surface area (Å²) in [6, 6.07) is 3.80. The molecule has 1 rings (SSSR count). The molecule has 4 heteroatoms. The quantitative estimate of drug-likeness (QED) is 0.797. The number of rotatable bonds is 5. The molecule has 0 saturated carbocycles. The number of nitrogens with one attached hydrogen (secondary N) is 1. The van der Waals surface area contributed by atoms with Crippen molar-refractivity contribution in [3.8, 4) is 0 Å². The number of nitrogens with two attached hydrogens (primary N) is 1. The van der Waals surface area contributed by atoms with Crippen molar-refractivity contribution in [1.29, 1.82) is 0 Å². The van der Waals surface area contributed by atoms with E-state index in [0.29, 0.717) is 6.42 Å². The Hall–Kier alpha value is -1.42. The second-order valence-corrected chi connectivity index (χ2v) is 4.10. The molecular weight excluding hydrogens is 202 g/mol. The Labute approximate surface area is 96.3 Å². The monoisotopic (exact) mass is 221 g/mol. The van der Waals surface area contributed by atoms with Crippen LogP contribution in [0.3, 0.4) is 0 Å². The van der Waals surface area contributed by atoms with Crippen molar-refractivity contribution >= 4 is 11.6 Å². The topological polar surface area (TPSA) is 68.0 Å². The molecule has 16 heavy (non-hydrogen) atoms. The van der Waals surface area contributed by atoms with Crippen molar-refractivity contribution < 1.29 is 4.79 Å². The van der Waals surface area contributed by atoms with Crippen LogP contribution in [0.25, 0.3) is 0 Å². The van der Waals surface area contributed by atoms with Crippen LogP contribution in [0, 0.1) is 6.92 Å². The lowest BCUT2D eigenvalue weighted by Gasteiger charge is -2.06. The van der Waals surface area contributed by atoms with Gasteiger partial charge in [-0.1, -0.05) is 0 Å². The minimum atomic E-state index is 0.0336. The maximum Gasteiger partial charge on any atom is 0.224 e. The van der Waals surface area contributed by atoms with Crippen LogP contribution in [0.15, 0.2) is 18.3 Å². The molecule has 0 fully saturated rings. The largest absolute Gasteiger partial charge is 0.328 e. The smallest absolute Gasteiger partial charge is 0.224 e. The van der Waals surface area contributed by atoms with Gasteiger partial charge in [0.1, 0.15) is 0 Å². The molecule has 0 bridgehead atoms. The zero-order valence-corrected chi connectivity index (χ0v) is 9.86. The lowest BCUT2D eigenvalue weighted by Crippen LogP contribution is -2.16. The highest BCUT2D eigenvalue weighted by atomic mass is 16.1. The predicted octanol–water partition coefficient (Wildman–Crippen LogP) is 1.85. The summed E-state index contributed by atoms with van der Waals surface area (Å²) in [5.74, 6) is 0.0336. The second-order valence-electron chi connectivity index (χ2n) is 4.10. The molecular formula is C12H19N3O. The van der Waals surface area contributed by atoms with Gasteiger partial charge in [0.15, 0.2) is 0 Å². The average molecular weight is 221 g/mol. The van der Waals surface area contributed by atoms with Gasteiger partial charge in [0, 0.05) is 30.0 Å². The van der Waals surface area contributed by atoms with Gasteiger partial charge >= 0.3 is 0 Å². The Bertz CT molecular complexity index is 350. The fourth-order valence-electron chi connectivity index (χ4n) is 1.43. The fourth-order valence-corrected chi connectivity index (χ4v) is 1.43. The molecule has 0 aromatic carbocycles. The Balaban J connectivity index is 2.34. The SMILES string of the molecule is Cc1cc(NC(=O)CCCC(C)N)ccn1. The number of carbonyl (C=O) groups excluding carboxylic acids is 1. The van der Waals surface area contributed by atoms with E-state index >= 15 is 0 Å². The molecule has 1 aromatic rings. The minimum absolute atomic E-state index is 0.0336. The molecule has 4 nitrogen and oxygen atoms in total. The van der Waals surface area contributed by atoms with Crippen molar-refractivity contribution in [2.24, 2.45) is 5.73 Å². The van der Waals surface area contributed by atoms with E-state index in [1.807, 2.05) is 19.9 Å². The number of hydrogen-bond donors (Lipinski definition) is 2. The average Bonchev–Trinajstić information content (AvgIpc) is 2.16. The van der Waals surface area contributed by atoms with Crippen LogP contribution in [-0.2, 0) is 4.79 Å². The first kappa shape index (κ1) is 12.6. The molecule has 88 valence electrons. The molecule has 1 amide bonds. The van der Waals surface area contributed by atoms with Gasteiger partial charge in [0.2, 0.25) is 5.91 Å². The van der Waals surface area contributed by atoms with E-state index in [9.17, 15) is 4.79 Å². The Morgan fingerprint density at radius 2 is 2.38 bits per heavy atom. The number of aromatic nitrogens is 1. The first-order valence-electron chi connectivity index (χ1n) is 5.56. The highest BCUT2D eigenvalue weighted by Gasteiger charge is 2.03. The number of aryl methyl sites for hydroxylation is 1. The van der Waals surface area contributed by atoms with Crippen LogP contribution in [-0.4, -0.2) is 16.9 Å².